The van der Waals surface area contributed by atoms with Crippen LogP contribution in [0.2, 0.25) is 0 Å². The largest absolute Gasteiger partial charge is 0.464 e. The highest BCUT2D eigenvalue weighted by Gasteiger charge is 2.43. The Labute approximate surface area is 124 Å². The van der Waals surface area contributed by atoms with Crippen molar-refractivity contribution < 1.29 is 19.1 Å². The van der Waals surface area contributed by atoms with Gasteiger partial charge in [-0.1, -0.05) is 13.3 Å². The van der Waals surface area contributed by atoms with E-state index in [0.717, 1.165) is 12.8 Å². The number of ether oxygens (including phenoxy) is 1. The van der Waals surface area contributed by atoms with Crippen LogP contribution < -0.4 is 5.73 Å². The first kappa shape index (κ1) is 15.8. The number of rotatable bonds is 4. The molecule has 2 amide bonds. The Kier molecular flexibility index (Phi) is 5.17. The Hall–Kier alpha value is -1.63. The van der Waals surface area contributed by atoms with Crippen LogP contribution in [0.1, 0.15) is 45.4 Å². The highest BCUT2D eigenvalue weighted by molar-refractivity contribution is 5.92. The number of nitrogens with two attached hydrogens (primary N) is 1. The van der Waals surface area contributed by atoms with Gasteiger partial charge in [0.2, 0.25) is 5.91 Å². The van der Waals surface area contributed by atoms with Gasteiger partial charge in [-0.25, -0.2) is 9.80 Å². The minimum Gasteiger partial charge on any atom is -0.464 e. The molecule has 118 valence electrons. The van der Waals surface area contributed by atoms with E-state index in [9.17, 15) is 14.4 Å². The fraction of sp³-hybridized carbons (Fsp3) is 0.786. The third-order valence-electron chi connectivity index (χ3n) is 3.92. The molecule has 2 heterocycles. The van der Waals surface area contributed by atoms with Crippen molar-refractivity contribution in [2.24, 2.45) is 5.73 Å². The molecule has 0 aromatic carbocycles. The van der Waals surface area contributed by atoms with Gasteiger partial charge in [-0.15, -0.1) is 0 Å². The Bertz CT molecular complexity index is 426. The summed E-state index contributed by atoms with van der Waals surface area (Å²) in [6.45, 7) is 2.80. The average Bonchev–Trinajstić information content (AvgIpc) is 2.60. The van der Waals surface area contributed by atoms with Gasteiger partial charge < -0.3 is 10.5 Å². The summed E-state index contributed by atoms with van der Waals surface area (Å²) in [4.78, 5) is 36.7. The third-order valence-corrected chi connectivity index (χ3v) is 3.92. The summed E-state index contributed by atoms with van der Waals surface area (Å²) in [6.07, 6.45) is 3.46. The first-order chi connectivity index (χ1) is 10.1. The van der Waals surface area contributed by atoms with Crippen molar-refractivity contribution in [3.63, 3.8) is 0 Å². The first-order valence-electron chi connectivity index (χ1n) is 7.61. The molecular formula is C14H23N3O4. The van der Waals surface area contributed by atoms with E-state index in [0.29, 0.717) is 32.4 Å². The van der Waals surface area contributed by atoms with Gasteiger partial charge in [0.15, 0.2) is 6.04 Å². The summed E-state index contributed by atoms with van der Waals surface area (Å²) >= 11 is 0. The van der Waals surface area contributed by atoms with Crippen LogP contribution in [-0.4, -0.2) is 53.0 Å². The third kappa shape index (κ3) is 3.34. The number of hydrogen-bond acceptors (Lipinski definition) is 5. The summed E-state index contributed by atoms with van der Waals surface area (Å²) in [5.74, 6) is -0.955. The molecule has 21 heavy (non-hydrogen) atoms. The number of amides is 2. The lowest BCUT2D eigenvalue weighted by Gasteiger charge is -2.42. The predicted octanol–water partition coefficient (Wildman–Crippen LogP) is 0.185. The molecule has 2 unspecified atom stereocenters. The topological polar surface area (TPSA) is 92.9 Å². The molecule has 0 spiro atoms. The zero-order valence-electron chi connectivity index (χ0n) is 12.4. The maximum atomic E-state index is 12.4. The van der Waals surface area contributed by atoms with Crippen molar-refractivity contribution in [3.05, 3.63) is 0 Å². The van der Waals surface area contributed by atoms with Crippen molar-refractivity contribution in [3.8, 4) is 0 Å². The highest BCUT2D eigenvalue weighted by atomic mass is 16.5. The van der Waals surface area contributed by atoms with E-state index in [4.69, 9.17) is 10.5 Å². The lowest BCUT2D eigenvalue weighted by atomic mass is 10.1. The molecule has 7 heteroatoms. The van der Waals surface area contributed by atoms with Crippen molar-refractivity contribution in [1.82, 2.24) is 10.0 Å². The van der Waals surface area contributed by atoms with Gasteiger partial charge in [0.05, 0.1) is 12.6 Å². The SMILES string of the molecule is CCCCOC(=O)C1CCCN2C(=O)CCC(N)C(=O)N12. The maximum Gasteiger partial charge on any atom is 0.330 e. The normalized spacial score (nSPS) is 26.4. The van der Waals surface area contributed by atoms with E-state index >= 15 is 0 Å². The van der Waals surface area contributed by atoms with Gasteiger partial charge in [0, 0.05) is 13.0 Å². The van der Waals surface area contributed by atoms with Gasteiger partial charge in [0.25, 0.3) is 5.91 Å². The molecule has 0 radical (unpaired) electrons. The second kappa shape index (κ2) is 6.89. The quantitative estimate of drug-likeness (QED) is 0.590. The maximum absolute atomic E-state index is 12.4. The molecule has 2 rings (SSSR count). The van der Waals surface area contributed by atoms with Gasteiger partial charge in [-0.05, 0) is 25.7 Å². The van der Waals surface area contributed by atoms with Crippen molar-refractivity contribution in [2.45, 2.75) is 57.5 Å². The van der Waals surface area contributed by atoms with E-state index in [1.807, 2.05) is 6.92 Å². The lowest BCUT2D eigenvalue weighted by Crippen LogP contribution is -2.61. The number of hydrazine groups is 1. The van der Waals surface area contributed by atoms with Crippen LogP contribution in [0.5, 0.6) is 0 Å². The van der Waals surface area contributed by atoms with E-state index in [2.05, 4.69) is 0 Å². The Morgan fingerprint density at radius 1 is 1.38 bits per heavy atom. The van der Waals surface area contributed by atoms with Crippen molar-refractivity contribution >= 4 is 17.8 Å². The molecule has 2 N–H and O–H groups in total. The van der Waals surface area contributed by atoms with E-state index in [1.54, 1.807) is 0 Å². The molecule has 0 bridgehead atoms. The molecule has 0 aliphatic carbocycles. The van der Waals surface area contributed by atoms with Gasteiger partial charge in [-0.2, -0.15) is 0 Å². The van der Waals surface area contributed by atoms with E-state index in [-0.39, 0.29) is 18.2 Å². The van der Waals surface area contributed by atoms with Gasteiger partial charge in [-0.3, -0.25) is 14.6 Å². The molecule has 2 fully saturated rings. The van der Waals surface area contributed by atoms with Gasteiger partial charge >= 0.3 is 5.97 Å². The number of nitrogens with zero attached hydrogens (tertiary/aromatic N) is 2. The molecular weight excluding hydrogens is 274 g/mol. The Morgan fingerprint density at radius 2 is 2.14 bits per heavy atom. The summed E-state index contributed by atoms with van der Waals surface area (Å²) in [6, 6.07) is -1.46. The molecule has 0 saturated carbocycles. The zero-order valence-corrected chi connectivity index (χ0v) is 12.4. The first-order valence-corrected chi connectivity index (χ1v) is 7.61. The number of esters is 1. The molecule has 2 atom stereocenters. The van der Waals surface area contributed by atoms with Gasteiger partial charge in [0.1, 0.15) is 0 Å². The predicted molar refractivity (Wildman–Crippen MR) is 74.7 cm³/mol. The number of carbonyl (C=O) groups excluding carboxylic acids is 3. The second-order valence-corrected chi connectivity index (χ2v) is 5.52. The smallest absolute Gasteiger partial charge is 0.330 e. The molecule has 2 saturated heterocycles. The van der Waals surface area contributed by atoms with Crippen LogP contribution in [0.15, 0.2) is 0 Å². The molecule has 2 aliphatic rings. The van der Waals surface area contributed by atoms with Crippen molar-refractivity contribution in [1.29, 1.82) is 0 Å². The van der Waals surface area contributed by atoms with Crippen LogP contribution in [-0.2, 0) is 19.1 Å². The fourth-order valence-corrected chi connectivity index (χ4v) is 2.68. The molecule has 0 aromatic rings. The standard InChI is InChI=1S/C14H23N3O4/c1-2-3-9-21-14(20)11-5-4-8-16-12(18)7-6-10(15)13(19)17(11)16/h10-11H,2-9,15H2,1H3. The lowest BCUT2D eigenvalue weighted by molar-refractivity contribution is -0.182. The van der Waals surface area contributed by atoms with E-state index in [1.165, 1.54) is 10.0 Å². The number of carbonyl (C=O) groups is 3. The Balaban J connectivity index is 2.14. The minimum atomic E-state index is -0.733. The average molecular weight is 297 g/mol. The number of fused-ring (bicyclic) bond motifs is 1. The van der Waals surface area contributed by atoms with Crippen LogP contribution in [0.3, 0.4) is 0 Å². The highest BCUT2D eigenvalue weighted by Crippen LogP contribution is 2.24. The number of unbranched alkanes of at least 4 members (excludes halogenated alkanes) is 1. The Morgan fingerprint density at radius 3 is 2.86 bits per heavy atom. The van der Waals surface area contributed by atoms with Crippen molar-refractivity contribution in [2.75, 3.05) is 13.2 Å². The summed E-state index contributed by atoms with van der Waals surface area (Å²) in [5, 5.41) is 2.63. The van der Waals surface area contributed by atoms with Crippen LogP contribution in [0, 0.1) is 0 Å². The second-order valence-electron chi connectivity index (χ2n) is 5.52. The summed E-state index contributed by atoms with van der Waals surface area (Å²) in [5.41, 5.74) is 5.81. The monoisotopic (exact) mass is 297 g/mol. The summed E-state index contributed by atoms with van der Waals surface area (Å²) < 4.78 is 5.22. The number of hydrogen-bond donors (Lipinski definition) is 1. The fourth-order valence-electron chi connectivity index (χ4n) is 2.68. The van der Waals surface area contributed by atoms with Crippen LogP contribution in [0.4, 0.5) is 0 Å². The minimum absolute atomic E-state index is 0.151. The van der Waals surface area contributed by atoms with Crippen LogP contribution >= 0.6 is 0 Å². The summed E-state index contributed by atoms with van der Waals surface area (Å²) in [7, 11) is 0. The molecule has 0 aromatic heterocycles. The van der Waals surface area contributed by atoms with E-state index < -0.39 is 18.1 Å². The van der Waals surface area contributed by atoms with Crippen LogP contribution in [0.25, 0.3) is 0 Å². The molecule has 2 aliphatic heterocycles. The molecule has 7 nitrogen and oxygen atoms in total. The zero-order chi connectivity index (χ0) is 15.4.